The second-order valence-electron chi connectivity index (χ2n) is 12.2. The largest absolute Gasteiger partial charge is 0.477 e. The van der Waals surface area contributed by atoms with Crippen LogP contribution in [0.25, 0.3) is 5.82 Å². The summed E-state index contributed by atoms with van der Waals surface area (Å²) in [6, 6.07) is 8.83. The number of amides is 1. The van der Waals surface area contributed by atoms with E-state index < -0.39 is 27.1 Å². The summed E-state index contributed by atoms with van der Waals surface area (Å²) in [4.78, 5) is 21.2. The number of rotatable bonds is 13. The Bertz CT molecular complexity index is 1560. The van der Waals surface area contributed by atoms with E-state index in [0.29, 0.717) is 30.6 Å². The minimum absolute atomic E-state index is 0.00159. The van der Waals surface area contributed by atoms with Gasteiger partial charge in [-0.3, -0.25) is 4.79 Å². The summed E-state index contributed by atoms with van der Waals surface area (Å²) in [5.74, 6) is 0.937. The van der Waals surface area contributed by atoms with Gasteiger partial charge in [-0.05, 0) is 75.8 Å². The molecule has 2 aliphatic rings. The average Bonchev–Trinajstić information content (AvgIpc) is 3.74. The molecule has 2 unspecified atom stereocenters. The number of ether oxygens (including phenoxy) is 1. The number of hydrogen-bond acceptors (Lipinski definition) is 9. The standard InChI is InChI=1S/C30H39ClFN7O4S/c1-30(2)17-21(18-34-30)16-22(32)19-33-24-8-5-9-27(35-24)44(41,42)38-29(40)23-10-11-25(36-28(23)31)39-14-12-26(37-39)43-15-13-20-6-3-4-7-20/h5,8-12,14,20-22,34H,3-4,6-7,13,15-19H2,1-2H3,(H,33,35)(H,38,40). The number of sulfonamides is 1. The minimum atomic E-state index is -4.36. The molecular weight excluding hydrogens is 609 g/mol. The molecular formula is C30H39ClFN7O4S. The number of nitrogens with zero attached hydrogens (tertiary/aromatic N) is 4. The van der Waals surface area contributed by atoms with E-state index in [1.807, 2.05) is 4.72 Å². The van der Waals surface area contributed by atoms with Crippen molar-refractivity contribution >= 4 is 33.3 Å². The van der Waals surface area contributed by atoms with Gasteiger partial charge in [0.05, 0.1) is 12.2 Å². The van der Waals surface area contributed by atoms with Gasteiger partial charge in [0, 0.05) is 24.3 Å². The van der Waals surface area contributed by atoms with Crippen molar-refractivity contribution in [3.63, 3.8) is 0 Å². The zero-order valence-corrected chi connectivity index (χ0v) is 26.5. The molecule has 0 aromatic carbocycles. The van der Waals surface area contributed by atoms with Crippen LogP contribution in [0, 0.1) is 11.8 Å². The molecule has 11 nitrogen and oxygen atoms in total. The topological polar surface area (TPSA) is 140 Å². The molecule has 0 radical (unpaired) electrons. The Morgan fingerprint density at radius 1 is 1.18 bits per heavy atom. The Morgan fingerprint density at radius 2 is 1.98 bits per heavy atom. The van der Waals surface area contributed by atoms with E-state index in [9.17, 15) is 17.6 Å². The van der Waals surface area contributed by atoms with E-state index in [0.717, 1.165) is 19.4 Å². The molecule has 1 saturated carbocycles. The van der Waals surface area contributed by atoms with E-state index >= 15 is 0 Å². The lowest BCUT2D eigenvalue weighted by Gasteiger charge is -2.18. The number of carbonyl (C=O) groups excluding carboxylic acids is 1. The van der Waals surface area contributed by atoms with Gasteiger partial charge in [0.1, 0.15) is 17.1 Å². The summed E-state index contributed by atoms with van der Waals surface area (Å²) in [5.41, 5.74) is -0.139. The minimum Gasteiger partial charge on any atom is -0.477 e. The molecule has 5 rings (SSSR count). The lowest BCUT2D eigenvalue weighted by Crippen LogP contribution is -2.31. The Morgan fingerprint density at radius 3 is 2.70 bits per heavy atom. The first-order chi connectivity index (χ1) is 21.0. The van der Waals surface area contributed by atoms with E-state index in [2.05, 4.69) is 39.5 Å². The number of pyridine rings is 2. The fourth-order valence-electron chi connectivity index (χ4n) is 5.87. The summed E-state index contributed by atoms with van der Waals surface area (Å²) < 4.78 is 49.8. The predicted octanol–water partition coefficient (Wildman–Crippen LogP) is 4.92. The third-order valence-corrected chi connectivity index (χ3v) is 9.64. The summed E-state index contributed by atoms with van der Waals surface area (Å²) >= 11 is 6.28. The van der Waals surface area contributed by atoms with Gasteiger partial charge in [-0.1, -0.05) is 43.4 Å². The second kappa shape index (κ2) is 13.8. The van der Waals surface area contributed by atoms with Crippen molar-refractivity contribution in [2.75, 3.05) is 25.0 Å². The molecule has 1 aliphatic carbocycles. The van der Waals surface area contributed by atoms with Crippen molar-refractivity contribution < 1.29 is 22.3 Å². The zero-order valence-electron chi connectivity index (χ0n) is 24.9. The SMILES string of the molecule is CC1(C)CC(CC(F)CNc2cccc(S(=O)(=O)NC(=O)c3ccc(-n4ccc(OCCC5CCCC5)n4)nc3Cl)n2)CN1. The van der Waals surface area contributed by atoms with Crippen LogP contribution in [-0.2, 0) is 10.0 Å². The number of alkyl halides is 1. The highest BCUT2D eigenvalue weighted by Crippen LogP contribution is 2.28. The van der Waals surface area contributed by atoms with Crippen LogP contribution in [0.3, 0.4) is 0 Å². The number of nitrogens with one attached hydrogen (secondary N) is 3. The van der Waals surface area contributed by atoms with Crippen molar-refractivity contribution in [2.45, 2.75) is 75.5 Å². The van der Waals surface area contributed by atoms with E-state index in [-0.39, 0.29) is 34.5 Å². The van der Waals surface area contributed by atoms with Crippen LogP contribution in [0.4, 0.5) is 10.2 Å². The highest BCUT2D eigenvalue weighted by atomic mass is 35.5. The van der Waals surface area contributed by atoms with Crippen molar-refractivity contribution in [2.24, 2.45) is 11.8 Å². The summed E-state index contributed by atoms with van der Waals surface area (Å²) in [6.45, 7) is 5.53. The number of hydrogen-bond donors (Lipinski definition) is 3. The Labute approximate surface area is 262 Å². The van der Waals surface area contributed by atoms with Gasteiger partial charge in [-0.2, -0.15) is 8.42 Å². The predicted molar refractivity (Wildman–Crippen MR) is 166 cm³/mol. The molecule has 3 aromatic rings. The van der Waals surface area contributed by atoms with Crippen molar-refractivity contribution in [1.29, 1.82) is 0 Å². The molecule has 0 spiro atoms. The van der Waals surface area contributed by atoms with Crippen LogP contribution in [0.15, 0.2) is 47.6 Å². The monoisotopic (exact) mass is 647 g/mol. The van der Waals surface area contributed by atoms with Gasteiger partial charge in [0.2, 0.25) is 5.88 Å². The third kappa shape index (κ3) is 8.45. The maximum atomic E-state index is 14.6. The summed E-state index contributed by atoms with van der Waals surface area (Å²) in [6.07, 6.45) is 7.88. The number of anilines is 1. The van der Waals surface area contributed by atoms with Crippen LogP contribution in [0.2, 0.25) is 5.15 Å². The van der Waals surface area contributed by atoms with Crippen molar-refractivity contribution in [3.05, 3.63) is 53.3 Å². The van der Waals surface area contributed by atoms with Gasteiger partial charge < -0.3 is 15.4 Å². The molecule has 1 saturated heterocycles. The van der Waals surface area contributed by atoms with Gasteiger partial charge in [-0.25, -0.2) is 23.8 Å². The molecule has 44 heavy (non-hydrogen) atoms. The molecule has 14 heteroatoms. The fourth-order valence-corrected chi connectivity index (χ4v) is 7.04. The van der Waals surface area contributed by atoms with Crippen molar-refractivity contribution in [1.82, 2.24) is 29.8 Å². The molecule has 0 bridgehead atoms. The van der Waals surface area contributed by atoms with E-state index in [4.69, 9.17) is 16.3 Å². The zero-order chi connectivity index (χ0) is 31.3. The smallest absolute Gasteiger partial charge is 0.281 e. The highest BCUT2D eigenvalue weighted by molar-refractivity contribution is 7.90. The fraction of sp³-hybridized carbons (Fsp3) is 0.533. The first-order valence-electron chi connectivity index (χ1n) is 15.0. The maximum absolute atomic E-state index is 14.6. The summed E-state index contributed by atoms with van der Waals surface area (Å²) in [7, 11) is -4.36. The van der Waals surface area contributed by atoms with Gasteiger partial charge in [0.25, 0.3) is 15.9 Å². The molecule has 4 heterocycles. The first-order valence-corrected chi connectivity index (χ1v) is 16.9. The lowest BCUT2D eigenvalue weighted by molar-refractivity contribution is 0.0981. The number of halogens is 2. The van der Waals surface area contributed by atoms with Crippen LogP contribution in [-0.4, -0.2) is 65.5 Å². The number of aromatic nitrogens is 4. The molecule has 3 N–H and O–H groups in total. The summed E-state index contributed by atoms with van der Waals surface area (Å²) in [5, 5.41) is 10.0. The molecule has 238 valence electrons. The Kier molecular flexibility index (Phi) is 10.1. The van der Waals surface area contributed by atoms with E-state index in [1.165, 1.54) is 60.7 Å². The third-order valence-electron chi connectivity index (χ3n) is 8.12. The van der Waals surface area contributed by atoms with Crippen LogP contribution < -0.4 is 20.1 Å². The molecule has 3 aromatic heterocycles. The molecule has 2 atom stereocenters. The van der Waals surface area contributed by atoms with Gasteiger partial charge >= 0.3 is 0 Å². The molecule has 1 aliphatic heterocycles. The quantitative estimate of drug-likeness (QED) is 0.221. The Hall–Kier alpha value is -3.29. The maximum Gasteiger partial charge on any atom is 0.281 e. The first kappa shape index (κ1) is 32.1. The van der Waals surface area contributed by atoms with Crippen LogP contribution in [0.1, 0.15) is 69.2 Å². The number of carbonyl (C=O) groups is 1. The lowest BCUT2D eigenvalue weighted by atomic mass is 9.93. The van der Waals surface area contributed by atoms with Crippen LogP contribution in [0.5, 0.6) is 5.88 Å². The van der Waals surface area contributed by atoms with Gasteiger partial charge in [0.15, 0.2) is 10.8 Å². The second-order valence-corrected chi connectivity index (χ2v) is 14.2. The van der Waals surface area contributed by atoms with Crippen molar-refractivity contribution in [3.8, 4) is 11.7 Å². The Balaban J connectivity index is 1.15. The highest BCUT2D eigenvalue weighted by Gasteiger charge is 2.31. The van der Waals surface area contributed by atoms with Gasteiger partial charge in [-0.15, -0.1) is 5.10 Å². The van der Waals surface area contributed by atoms with E-state index in [1.54, 1.807) is 12.3 Å². The average molecular weight is 648 g/mol. The molecule has 1 amide bonds. The normalized spacial score (nSPS) is 19.1. The molecule has 2 fully saturated rings. The van der Waals surface area contributed by atoms with Crippen LogP contribution >= 0.6 is 11.6 Å².